The van der Waals surface area contributed by atoms with Crippen LogP contribution in [-0.2, 0) is 4.79 Å². The molecule has 0 saturated heterocycles. The standard InChI is InChI=1S/C22H29FN4O2.HI/c1-16(29-20-12-8-11-19(23)13-20)14-24-22(25-15-21(28)27(3)4)26-17(2)18-9-6-5-7-10-18;/h5-13,16-17H,14-15H2,1-4H3,(H2,24,25,26);1H. The fraction of sp³-hybridized carbons (Fsp3) is 0.364. The maximum atomic E-state index is 13.3. The zero-order valence-corrected chi connectivity index (χ0v) is 20.1. The van der Waals surface area contributed by atoms with Gasteiger partial charge in [-0.1, -0.05) is 36.4 Å². The molecule has 0 saturated carbocycles. The lowest BCUT2D eigenvalue weighted by molar-refractivity contribution is -0.127. The van der Waals surface area contributed by atoms with Crippen LogP contribution < -0.4 is 15.4 Å². The molecule has 0 radical (unpaired) electrons. The molecule has 0 aliphatic carbocycles. The quantitative estimate of drug-likeness (QED) is 0.312. The van der Waals surface area contributed by atoms with Crippen molar-refractivity contribution in [2.75, 3.05) is 27.2 Å². The predicted octanol–water partition coefficient (Wildman–Crippen LogP) is 3.60. The van der Waals surface area contributed by atoms with E-state index in [-0.39, 0.29) is 54.4 Å². The van der Waals surface area contributed by atoms with Gasteiger partial charge in [0.1, 0.15) is 24.2 Å². The summed E-state index contributed by atoms with van der Waals surface area (Å²) in [6, 6.07) is 16.0. The number of rotatable bonds is 8. The first-order valence-electron chi connectivity index (χ1n) is 9.57. The molecule has 2 unspecified atom stereocenters. The minimum atomic E-state index is -0.342. The van der Waals surface area contributed by atoms with Gasteiger partial charge in [0.05, 0.1) is 12.6 Å². The third-order valence-corrected chi connectivity index (χ3v) is 4.21. The van der Waals surface area contributed by atoms with Crippen LogP contribution in [0.1, 0.15) is 25.5 Å². The molecule has 8 heteroatoms. The second kappa shape index (κ2) is 13.0. The van der Waals surface area contributed by atoms with Gasteiger partial charge in [0.25, 0.3) is 0 Å². The molecule has 0 spiro atoms. The summed E-state index contributed by atoms with van der Waals surface area (Å²) in [6.45, 7) is 4.36. The van der Waals surface area contributed by atoms with E-state index in [1.54, 1.807) is 26.2 Å². The summed E-state index contributed by atoms with van der Waals surface area (Å²) in [5, 5.41) is 6.51. The van der Waals surface area contributed by atoms with E-state index in [2.05, 4.69) is 15.6 Å². The van der Waals surface area contributed by atoms with Crippen LogP contribution in [-0.4, -0.2) is 50.1 Å². The number of hydrogen-bond donors (Lipinski definition) is 2. The lowest BCUT2D eigenvalue weighted by Crippen LogP contribution is -2.43. The van der Waals surface area contributed by atoms with Crippen molar-refractivity contribution in [1.82, 2.24) is 15.5 Å². The second-order valence-corrected chi connectivity index (χ2v) is 7.00. The number of likely N-dealkylation sites (N-methyl/N-ethyl adjacent to an activating group) is 1. The molecule has 2 atom stereocenters. The molecule has 6 nitrogen and oxygen atoms in total. The van der Waals surface area contributed by atoms with E-state index in [4.69, 9.17) is 4.74 Å². The van der Waals surface area contributed by atoms with E-state index < -0.39 is 0 Å². The minimum absolute atomic E-state index is 0. The Morgan fingerprint density at radius 1 is 1.13 bits per heavy atom. The molecular weight excluding hydrogens is 498 g/mol. The maximum absolute atomic E-state index is 13.3. The smallest absolute Gasteiger partial charge is 0.243 e. The van der Waals surface area contributed by atoms with Crippen LogP contribution in [0.2, 0.25) is 0 Å². The lowest BCUT2D eigenvalue weighted by Gasteiger charge is -2.21. The molecule has 0 aliphatic heterocycles. The van der Waals surface area contributed by atoms with Crippen molar-refractivity contribution in [3.63, 3.8) is 0 Å². The molecule has 0 aliphatic rings. The molecule has 0 heterocycles. The number of guanidine groups is 1. The van der Waals surface area contributed by atoms with Crippen LogP contribution in [0.5, 0.6) is 5.75 Å². The highest BCUT2D eigenvalue weighted by Gasteiger charge is 2.12. The van der Waals surface area contributed by atoms with Crippen LogP contribution in [0.4, 0.5) is 4.39 Å². The number of amides is 1. The van der Waals surface area contributed by atoms with Crippen molar-refractivity contribution in [2.24, 2.45) is 4.99 Å². The Morgan fingerprint density at radius 2 is 1.83 bits per heavy atom. The Balaban J connectivity index is 0.00000450. The van der Waals surface area contributed by atoms with Gasteiger partial charge < -0.3 is 20.3 Å². The van der Waals surface area contributed by atoms with Crippen LogP contribution in [0.15, 0.2) is 59.6 Å². The van der Waals surface area contributed by atoms with Crippen LogP contribution in [0.3, 0.4) is 0 Å². The van der Waals surface area contributed by atoms with E-state index in [1.807, 2.05) is 44.2 Å². The zero-order chi connectivity index (χ0) is 21.2. The Morgan fingerprint density at radius 3 is 2.47 bits per heavy atom. The zero-order valence-electron chi connectivity index (χ0n) is 17.8. The van der Waals surface area contributed by atoms with Crippen LogP contribution in [0.25, 0.3) is 0 Å². The third kappa shape index (κ3) is 8.98. The summed E-state index contributed by atoms with van der Waals surface area (Å²) in [5.74, 6) is 0.533. The highest BCUT2D eigenvalue weighted by Crippen LogP contribution is 2.14. The van der Waals surface area contributed by atoms with Gasteiger partial charge in [-0.2, -0.15) is 0 Å². The maximum Gasteiger partial charge on any atom is 0.243 e. The SMILES string of the molecule is CC(CNC(=NCC(=O)N(C)C)NC(C)c1ccccc1)Oc1cccc(F)c1.I. The minimum Gasteiger partial charge on any atom is -0.489 e. The van der Waals surface area contributed by atoms with E-state index in [1.165, 1.54) is 17.0 Å². The number of aliphatic imine (C=N–C) groups is 1. The van der Waals surface area contributed by atoms with Gasteiger partial charge in [0, 0.05) is 20.2 Å². The van der Waals surface area contributed by atoms with E-state index in [0.29, 0.717) is 18.3 Å². The highest BCUT2D eigenvalue weighted by atomic mass is 127. The Hall–Kier alpha value is -2.36. The summed E-state index contributed by atoms with van der Waals surface area (Å²) >= 11 is 0. The van der Waals surface area contributed by atoms with Gasteiger partial charge in [-0.25, -0.2) is 9.38 Å². The van der Waals surface area contributed by atoms with Crippen molar-refractivity contribution < 1.29 is 13.9 Å². The summed E-state index contributed by atoms with van der Waals surface area (Å²) in [5.41, 5.74) is 1.10. The van der Waals surface area contributed by atoms with Gasteiger partial charge >= 0.3 is 0 Å². The number of nitrogens with one attached hydrogen (secondary N) is 2. The van der Waals surface area contributed by atoms with Gasteiger partial charge in [-0.05, 0) is 31.5 Å². The van der Waals surface area contributed by atoms with Crippen LogP contribution >= 0.6 is 24.0 Å². The van der Waals surface area contributed by atoms with Crippen molar-refractivity contribution >= 4 is 35.8 Å². The third-order valence-electron chi connectivity index (χ3n) is 4.21. The topological polar surface area (TPSA) is 66.0 Å². The largest absolute Gasteiger partial charge is 0.489 e. The predicted molar refractivity (Wildman–Crippen MR) is 129 cm³/mol. The molecule has 0 fully saturated rings. The van der Waals surface area contributed by atoms with E-state index in [0.717, 1.165) is 5.56 Å². The monoisotopic (exact) mass is 528 g/mol. The van der Waals surface area contributed by atoms with Gasteiger partial charge in [0.2, 0.25) is 5.91 Å². The average Bonchev–Trinajstić information content (AvgIpc) is 2.70. The molecule has 2 aromatic rings. The first-order valence-corrected chi connectivity index (χ1v) is 9.57. The fourth-order valence-electron chi connectivity index (χ4n) is 2.53. The second-order valence-electron chi connectivity index (χ2n) is 7.00. The number of carbonyl (C=O) groups is 1. The first kappa shape index (κ1) is 25.7. The van der Waals surface area contributed by atoms with Gasteiger partial charge in [-0.3, -0.25) is 4.79 Å². The molecule has 164 valence electrons. The van der Waals surface area contributed by atoms with Crippen molar-refractivity contribution in [1.29, 1.82) is 0 Å². The number of carbonyl (C=O) groups excluding carboxylic acids is 1. The molecule has 2 rings (SSSR count). The summed E-state index contributed by atoms with van der Waals surface area (Å²) in [7, 11) is 3.39. The number of halogens is 2. The van der Waals surface area contributed by atoms with E-state index >= 15 is 0 Å². The number of ether oxygens (including phenoxy) is 1. The van der Waals surface area contributed by atoms with Gasteiger partial charge in [-0.15, -0.1) is 24.0 Å². The number of hydrogen-bond acceptors (Lipinski definition) is 3. The summed E-state index contributed by atoms with van der Waals surface area (Å²) < 4.78 is 19.1. The summed E-state index contributed by atoms with van der Waals surface area (Å²) in [4.78, 5) is 17.8. The Kier molecular flexibility index (Phi) is 11.2. The van der Waals surface area contributed by atoms with E-state index in [9.17, 15) is 9.18 Å². The molecule has 2 N–H and O–H groups in total. The highest BCUT2D eigenvalue weighted by molar-refractivity contribution is 14.0. The molecule has 0 bridgehead atoms. The molecule has 1 amide bonds. The Labute approximate surface area is 194 Å². The fourth-order valence-corrected chi connectivity index (χ4v) is 2.53. The average molecular weight is 528 g/mol. The van der Waals surface area contributed by atoms with Crippen molar-refractivity contribution in [3.05, 3.63) is 66.0 Å². The number of nitrogens with zero attached hydrogens (tertiary/aromatic N) is 2. The molecule has 0 aromatic heterocycles. The molecule has 2 aromatic carbocycles. The lowest BCUT2D eigenvalue weighted by atomic mass is 10.1. The molecule has 30 heavy (non-hydrogen) atoms. The normalized spacial score (nSPS) is 12.9. The summed E-state index contributed by atoms with van der Waals surface area (Å²) in [6.07, 6.45) is -0.236. The van der Waals surface area contributed by atoms with Crippen molar-refractivity contribution in [2.45, 2.75) is 26.0 Å². The van der Waals surface area contributed by atoms with Crippen LogP contribution in [0, 0.1) is 5.82 Å². The van der Waals surface area contributed by atoms with Crippen molar-refractivity contribution in [3.8, 4) is 5.75 Å². The Bertz CT molecular complexity index is 818. The van der Waals surface area contributed by atoms with Gasteiger partial charge in [0.15, 0.2) is 5.96 Å². The first-order chi connectivity index (χ1) is 13.8. The number of benzene rings is 2. The molecular formula is C22H30FIN4O2.